The Morgan fingerprint density at radius 3 is 0.794 bits per heavy atom. The van der Waals surface area contributed by atoms with Crippen LogP contribution in [0.2, 0.25) is 0 Å². The van der Waals surface area contributed by atoms with Crippen LogP contribution in [-0.4, -0.2) is 50.6 Å². The van der Waals surface area contributed by atoms with E-state index in [1.807, 2.05) is 0 Å². The van der Waals surface area contributed by atoms with Crippen LogP contribution in [0.25, 0.3) is 0 Å². The number of carbonyl (C=O) groups is 3. The molecule has 0 fully saturated rings. The van der Waals surface area contributed by atoms with Crippen molar-refractivity contribution in [1.82, 2.24) is 0 Å². The smallest absolute Gasteiger partial charge is 0.547 e. The summed E-state index contributed by atoms with van der Waals surface area (Å²) >= 11 is 0. The van der Waals surface area contributed by atoms with E-state index >= 15 is 0 Å². The zero-order valence-corrected chi connectivity index (χ0v) is 18.9. The number of aliphatic carboxylic acids is 3. The number of hydrogen-bond donors (Lipinski definition) is 3. The van der Waals surface area contributed by atoms with Crippen LogP contribution in [0.15, 0.2) is 91.0 Å². The number of carboxylic acid groups (broad SMARTS) is 3. The largest absolute Gasteiger partial charge is 3.00 e. The number of rotatable bonds is 6. The van der Waals surface area contributed by atoms with Gasteiger partial charge in [-0.1, -0.05) is 91.0 Å². The predicted molar refractivity (Wildman–Crippen MR) is 115 cm³/mol. The minimum absolute atomic E-state index is 0. The average Bonchev–Trinajstić information content (AvgIpc) is 2.84. The van der Waals surface area contributed by atoms with Crippen LogP contribution in [0.1, 0.15) is 35.0 Å². The van der Waals surface area contributed by atoms with Crippen LogP contribution in [0.3, 0.4) is 0 Å². The molecule has 0 saturated heterocycles. The molecule has 3 atom stereocenters. The summed E-state index contributed by atoms with van der Waals surface area (Å²) in [6, 6.07) is 24.3. The van der Waals surface area contributed by atoms with E-state index in [0.29, 0.717) is 16.7 Å². The maximum atomic E-state index is 10.1. The van der Waals surface area contributed by atoms with Crippen molar-refractivity contribution in [2.75, 3.05) is 0 Å². The molecule has 0 spiro atoms. The molecule has 3 aromatic rings. The van der Waals surface area contributed by atoms with Crippen LogP contribution >= 0.6 is 0 Å². The fraction of sp³-hybridized carbons (Fsp3) is 0.125. The van der Waals surface area contributed by atoms with Gasteiger partial charge in [0.15, 0.2) is 0 Å². The van der Waals surface area contributed by atoms with E-state index in [9.17, 15) is 29.7 Å². The van der Waals surface area contributed by atoms with Gasteiger partial charge in [-0.05, 0) is 16.7 Å². The van der Waals surface area contributed by atoms with Crippen LogP contribution in [0.5, 0.6) is 0 Å². The van der Waals surface area contributed by atoms with Crippen LogP contribution < -0.4 is 15.3 Å². The molecule has 34 heavy (non-hydrogen) atoms. The molecule has 0 heterocycles. The topological polar surface area (TPSA) is 181 Å². The third-order valence-electron chi connectivity index (χ3n) is 4.02. The quantitative estimate of drug-likeness (QED) is 0.337. The second-order valence-electron chi connectivity index (χ2n) is 6.40. The zero-order valence-electron chi connectivity index (χ0n) is 17.8. The normalized spacial score (nSPS) is 12.1. The van der Waals surface area contributed by atoms with Gasteiger partial charge >= 0.3 is 17.4 Å². The summed E-state index contributed by atoms with van der Waals surface area (Å²) in [5.41, 5.74) is 1.02. The molecule has 3 N–H and O–H groups in total. The van der Waals surface area contributed by atoms with Gasteiger partial charge in [0.05, 0.1) is 17.9 Å². The Morgan fingerprint density at radius 1 is 0.471 bits per heavy atom. The zero-order chi connectivity index (χ0) is 24.8. The van der Waals surface area contributed by atoms with E-state index in [1.54, 1.807) is 54.6 Å². The van der Waals surface area contributed by atoms with Crippen molar-refractivity contribution in [1.29, 1.82) is 0 Å². The Balaban J connectivity index is 0.000000473. The van der Waals surface area contributed by atoms with E-state index in [1.165, 1.54) is 36.4 Å². The van der Waals surface area contributed by atoms with Gasteiger partial charge in [-0.2, -0.15) is 0 Å². The van der Waals surface area contributed by atoms with Gasteiger partial charge in [-0.3, -0.25) is 0 Å². The molecule has 0 aromatic heterocycles. The Labute approximate surface area is 206 Å². The number of hydrogen-bond acceptors (Lipinski definition) is 9. The van der Waals surface area contributed by atoms with Crippen LogP contribution in [-0.2, 0) is 14.4 Å². The fourth-order valence-electron chi connectivity index (χ4n) is 2.31. The Bertz CT molecular complexity index is 867. The summed E-state index contributed by atoms with van der Waals surface area (Å²) < 4.78 is 0. The van der Waals surface area contributed by atoms with Crippen molar-refractivity contribution in [2.24, 2.45) is 0 Å². The van der Waals surface area contributed by atoms with E-state index in [-0.39, 0.29) is 17.4 Å². The van der Waals surface area contributed by atoms with E-state index < -0.39 is 36.2 Å². The van der Waals surface area contributed by atoms with Gasteiger partial charge in [-0.25, -0.2) is 0 Å². The summed E-state index contributed by atoms with van der Waals surface area (Å²) in [6.07, 6.45) is -4.55. The van der Waals surface area contributed by atoms with Gasteiger partial charge in [0.1, 0.15) is 18.3 Å². The number of carboxylic acids is 3. The third kappa shape index (κ3) is 10.9. The van der Waals surface area contributed by atoms with Crippen molar-refractivity contribution >= 4 is 35.3 Å². The molecular weight excluding hydrogens is 459 g/mol. The van der Waals surface area contributed by atoms with Gasteiger partial charge in [0, 0.05) is 0 Å². The summed E-state index contributed by atoms with van der Waals surface area (Å²) in [5.74, 6) is -4.43. The second-order valence-corrected chi connectivity index (χ2v) is 6.40. The summed E-state index contributed by atoms with van der Waals surface area (Å²) in [4.78, 5) is 30.4. The number of benzene rings is 3. The van der Waals surface area contributed by atoms with Crippen molar-refractivity contribution < 1.29 is 45.0 Å². The van der Waals surface area contributed by atoms with Gasteiger partial charge in [-0.15, -0.1) is 0 Å². The van der Waals surface area contributed by atoms with Crippen molar-refractivity contribution in [3.63, 3.8) is 0 Å². The third-order valence-corrected chi connectivity index (χ3v) is 4.02. The van der Waals surface area contributed by atoms with E-state index in [4.69, 9.17) is 15.3 Å². The van der Waals surface area contributed by atoms with Gasteiger partial charge < -0.3 is 45.0 Å². The predicted octanol–water partition coefficient (Wildman–Crippen LogP) is -1.97. The van der Waals surface area contributed by atoms with E-state index in [2.05, 4.69) is 0 Å². The minimum atomic E-state index is -1.52. The first kappa shape index (κ1) is 30.5. The van der Waals surface area contributed by atoms with Crippen molar-refractivity contribution in [3.8, 4) is 0 Å². The molecule has 3 aromatic carbocycles. The molecule has 10 heteroatoms. The molecule has 3 unspecified atom stereocenters. The van der Waals surface area contributed by atoms with Crippen molar-refractivity contribution in [3.05, 3.63) is 108 Å². The standard InChI is InChI=1S/3C8H8O3.Al/c3*9-7(8(10)11)6-4-2-1-3-5-6;/h3*1-5,7,9H,(H,10,11);/q;;;+3/p-3. The fourth-order valence-corrected chi connectivity index (χ4v) is 2.31. The van der Waals surface area contributed by atoms with Crippen LogP contribution in [0.4, 0.5) is 0 Å². The Hall–Kier alpha value is -3.52. The number of carbonyl (C=O) groups excluding carboxylic acids is 3. The Morgan fingerprint density at radius 2 is 0.647 bits per heavy atom. The van der Waals surface area contributed by atoms with E-state index in [0.717, 1.165) is 0 Å². The molecule has 174 valence electrons. The SMILES string of the molecule is O=C([O-])C(O)c1ccccc1.O=C([O-])C(O)c1ccccc1.O=C([O-])C(O)c1ccccc1.[Al+3]. The molecule has 0 saturated carbocycles. The van der Waals surface area contributed by atoms with Gasteiger partial charge in [0.2, 0.25) is 0 Å². The molecule has 3 rings (SSSR count). The molecule has 0 bridgehead atoms. The molecule has 0 aliphatic heterocycles. The molecule has 0 amide bonds. The Kier molecular flexibility index (Phi) is 14.5. The second kappa shape index (κ2) is 16.2. The number of aliphatic hydroxyl groups excluding tert-OH is 3. The summed E-state index contributed by atoms with van der Waals surface area (Å²) in [7, 11) is 0. The van der Waals surface area contributed by atoms with Gasteiger partial charge in [0.25, 0.3) is 0 Å². The van der Waals surface area contributed by atoms with Crippen LogP contribution in [0, 0.1) is 0 Å². The average molecular weight is 480 g/mol. The molecule has 0 aliphatic rings. The minimum Gasteiger partial charge on any atom is -0.547 e. The summed E-state index contributed by atoms with van der Waals surface area (Å²) in [6.45, 7) is 0. The maximum Gasteiger partial charge on any atom is 3.00 e. The summed E-state index contributed by atoms with van der Waals surface area (Å²) in [5, 5.41) is 57.2. The molecule has 0 radical (unpaired) electrons. The monoisotopic (exact) mass is 480 g/mol. The maximum absolute atomic E-state index is 10.1. The molecular formula is C24H21AlO9. The molecule has 0 aliphatic carbocycles. The molecule has 9 nitrogen and oxygen atoms in total. The first-order valence-electron chi connectivity index (χ1n) is 9.46. The number of aliphatic hydroxyl groups is 3. The first-order valence-corrected chi connectivity index (χ1v) is 9.46. The van der Waals surface area contributed by atoms with Crippen molar-refractivity contribution in [2.45, 2.75) is 18.3 Å². The first-order chi connectivity index (χ1) is 15.6.